The van der Waals surface area contributed by atoms with E-state index in [1.54, 1.807) is 7.05 Å². The van der Waals surface area contributed by atoms with E-state index in [0.717, 1.165) is 12.8 Å². The van der Waals surface area contributed by atoms with Gasteiger partial charge in [0, 0.05) is 25.8 Å². The van der Waals surface area contributed by atoms with Crippen LogP contribution in [0.1, 0.15) is 19.8 Å². The summed E-state index contributed by atoms with van der Waals surface area (Å²) in [4.78, 5) is 18.6. The molecular formula is C11H17N5O3. The Morgan fingerprint density at radius 2 is 2.00 bits per heavy atom. The lowest BCUT2D eigenvalue weighted by atomic mass is 9.92. The minimum Gasteiger partial charge on any atom is -0.381 e. The summed E-state index contributed by atoms with van der Waals surface area (Å²) < 4.78 is 5.31. The molecule has 8 heteroatoms. The first-order valence-corrected chi connectivity index (χ1v) is 6.09. The molecule has 1 fully saturated rings. The predicted octanol–water partition coefficient (Wildman–Crippen LogP) is 1.41. The molecular weight excluding hydrogens is 250 g/mol. The third-order valence-corrected chi connectivity index (χ3v) is 3.26. The van der Waals surface area contributed by atoms with E-state index in [9.17, 15) is 10.1 Å². The number of nitrogens with zero attached hydrogens (tertiary/aromatic N) is 3. The quantitative estimate of drug-likeness (QED) is 0.628. The third kappa shape index (κ3) is 2.90. The molecule has 1 aliphatic rings. The number of hydrogen-bond acceptors (Lipinski definition) is 7. The van der Waals surface area contributed by atoms with E-state index in [1.165, 1.54) is 6.33 Å². The fourth-order valence-corrected chi connectivity index (χ4v) is 2.06. The highest BCUT2D eigenvalue weighted by atomic mass is 16.6. The summed E-state index contributed by atoms with van der Waals surface area (Å²) in [6.07, 6.45) is 2.87. The summed E-state index contributed by atoms with van der Waals surface area (Å²) in [6, 6.07) is 0. The first-order valence-electron chi connectivity index (χ1n) is 6.09. The molecule has 2 N–H and O–H groups in total. The number of aromatic nitrogens is 2. The first-order chi connectivity index (χ1) is 9.06. The Morgan fingerprint density at radius 1 is 1.37 bits per heavy atom. The zero-order chi connectivity index (χ0) is 13.9. The minimum atomic E-state index is -0.475. The summed E-state index contributed by atoms with van der Waals surface area (Å²) in [6.45, 7) is 3.29. The second-order valence-corrected chi connectivity index (χ2v) is 4.72. The van der Waals surface area contributed by atoms with Crippen LogP contribution in [0.15, 0.2) is 6.33 Å². The van der Waals surface area contributed by atoms with Gasteiger partial charge >= 0.3 is 5.69 Å². The van der Waals surface area contributed by atoms with Gasteiger partial charge < -0.3 is 15.4 Å². The van der Waals surface area contributed by atoms with Gasteiger partial charge in [0.15, 0.2) is 0 Å². The number of ether oxygens (including phenoxy) is 1. The summed E-state index contributed by atoms with van der Waals surface area (Å²) in [5, 5.41) is 17.0. The molecule has 0 unspecified atom stereocenters. The third-order valence-electron chi connectivity index (χ3n) is 3.26. The van der Waals surface area contributed by atoms with Gasteiger partial charge in [-0.1, -0.05) is 0 Å². The highest BCUT2D eigenvalue weighted by Gasteiger charge is 2.31. The van der Waals surface area contributed by atoms with Crippen molar-refractivity contribution in [2.45, 2.75) is 25.3 Å². The number of hydrogen-bond donors (Lipinski definition) is 2. The molecule has 2 heterocycles. The molecule has 0 saturated carbocycles. The molecule has 2 rings (SSSR count). The first kappa shape index (κ1) is 13.5. The maximum atomic E-state index is 11.2. The standard InChI is InChI=1S/C11H17N5O3/c1-11(3-5-19-6-4-11)15-10-8(16(17)18)9(12-2)13-7-14-10/h7H,3-6H2,1-2H3,(H2,12,13,14,15). The minimum absolute atomic E-state index is 0.127. The second-order valence-electron chi connectivity index (χ2n) is 4.72. The smallest absolute Gasteiger partial charge is 0.353 e. The van der Waals surface area contributed by atoms with Crippen LogP contribution >= 0.6 is 0 Å². The Hall–Kier alpha value is -1.96. The van der Waals surface area contributed by atoms with E-state index in [4.69, 9.17) is 4.74 Å². The molecule has 1 aromatic rings. The van der Waals surface area contributed by atoms with Crippen LogP contribution < -0.4 is 10.6 Å². The molecule has 1 saturated heterocycles. The van der Waals surface area contributed by atoms with E-state index in [1.807, 2.05) is 6.92 Å². The molecule has 0 aliphatic carbocycles. The molecule has 0 spiro atoms. The molecule has 19 heavy (non-hydrogen) atoms. The van der Waals surface area contributed by atoms with Gasteiger partial charge in [-0.3, -0.25) is 10.1 Å². The fourth-order valence-electron chi connectivity index (χ4n) is 2.06. The molecule has 1 aliphatic heterocycles. The lowest BCUT2D eigenvalue weighted by Gasteiger charge is -2.34. The van der Waals surface area contributed by atoms with Gasteiger partial charge in [0.1, 0.15) is 6.33 Å². The van der Waals surface area contributed by atoms with Gasteiger partial charge in [-0.15, -0.1) is 0 Å². The zero-order valence-electron chi connectivity index (χ0n) is 11.0. The normalized spacial score (nSPS) is 17.8. The molecule has 0 aromatic carbocycles. The van der Waals surface area contributed by atoms with Crippen LogP contribution in [0.3, 0.4) is 0 Å². The maximum Gasteiger partial charge on any atom is 0.353 e. The van der Waals surface area contributed by atoms with Crippen LogP contribution in [0.25, 0.3) is 0 Å². The van der Waals surface area contributed by atoms with Crippen molar-refractivity contribution in [3.05, 3.63) is 16.4 Å². The molecule has 0 radical (unpaired) electrons. The van der Waals surface area contributed by atoms with E-state index in [2.05, 4.69) is 20.6 Å². The van der Waals surface area contributed by atoms with Crippen molar-refractivity contribution >= 4 is 17.3 Å². The Kier molecular flexibility index (Phi) is 3.79. The van der Waals surface area contributed by atoms with E-state index >= 15 is 0 Å². The Balaban J connectivity index is 2.31. The van der Waals surface area contributed by atoms with Crippen LogP contribution in [0, 0.1) is 10.1 Å². The van der Waals surface area contributed by atoms with Gasteiger partial charge in [0.2, 0.25) is 11.6 Å². The molecule has 104 valence electrons. The van der Waals surface area contributed by atoms with Gasteiger partial charge in [0.25, 0.3) is 0 Å². The number of nitrogens with one attached hydrogen (secondary N) is 2. The summed E-state index contributed by atoms with van der Waals surface area (Å²) >= 11 is 0. The zero-order valence-corrected chi connectivity index (χ0v) is 11.0. The molecule has 0 amide bonds. The summed E-state index contributed by atoms with van der Waals surface area (Å²) in [5.74, 6) is 0.451. The van der Waals surface area contributed by atoms with E-state index in [-0.39, 0.29) is 22.9 Å². The van der Waals surface area contributed by atoms with Crippen molar-refractivity contribution in [3.63, 3.8) is 0 Å². The maximum absolute atomic E-state index is 11.2. The average molecular weight is 267 g/mol. The van der Waals surface area contributed by atoms with E-state index < -0.39 is 4.92 Å². The van der Waals surface area contributed by atoms with Gasteiger partial charge in [0.05, 0.1) is 4.92 Å². The lowest BCUT2D eigenvalue weighted by Crippen LogP contribution is -2.41. The molecule has 8 nitrogen and oxygen atoms in total. The van der Waals surface area contributed by atoms with Crippen molar-refractivity contribution in [2.24, 2.45) is 0 Å². The van der Waals surface area contributed by atoms with Crippen LogP contribution in [-0.2, 0) is 4.74 Å². The van der Waals surface area contributed by atoms with Crippen molar-refractivity contribution in [1.82, 2.24) is 9.97 Å². The SMILES string of the molecule is CNc1ncnc(NC2(C)CCOCC2)c1[N+](=O)[O-]. The topological polar surface area (TPSA) is 102 Å². The average Bonchev–Trinajstić information content (AvgIpc) is 2.38. The molecule has 1 aromatic heterocycles. The van der Waals surface area contributed by atoms with Crippen molar-refractivity contribution < 1.29 is 9.66 Å². The van der Waals surface area contributed by atoms with Crippen molar-refractivity contribution in [2.75, 3.05) is 30.9 Å². The number of nitro groups is 1. The van der Waals surface area contributed by atoms with Crippen LogP contribution in [-0.4, -0.2) is 40.7 Å². The predicted molar refractivity (Wildman–Crippen MR) is 70.3 cm³/mol. The van der Waals surface area contributed by atoms with Crippen LogP contribution in [0.2, 0.25) is 0 Å². The Morgan fingerprint density at radius 3 is 2.58 bits per heavy atom. The Labute approximate surface area is 110 Å². The number of anilines is 2. The Bertz CT molecular complexity index is 473. The monoisotopic (exact) mass is 267 g/mol. The largest absolute Gasteiger partial charge is 0.381 e. The van der Waals surface area contributed by atoms with Gasteiger partial charge in [-0.25, -0.2) is 9.97 Å². The van der Waals surface area contributed by atoms with Gasteiger partial charge in [-0.05, 0) is 19.8 Å². The van der Waals surface area contributed by atoms with E-state index in [0.29, 0.717) is 13.2 Å². The number of rotatable bonds is 4. The highest BCUT2D eigenvalue weighted by Crippen LogP contribution is 2.33. The second kappa shape index (κ2) is 5.35. The summed E-state index contributed by atoms with van der Waals surface area (Å²) in [7, 11) is 1.59. The molecule has 0 atom stereocenters. The van der Waals surface area contributed by atoms with Crippen LogP contribution in [0.4, 0.5) is 17.3 Å². The summed E-state index contributed by atoms with van der Waals surface area (Å²) in [5.41, 5.74) is -0.375. The van der Waals surface area contributed by atoms with Crippen LogP contribution in [0.5, 0.6) is 0 Å². The van der Waals surface area contributed by atoms with Crippen molar-refractivity contribution in [3.8, 4) is 0 Å². The highest BCUT2D eigenvalue weighted by molar-refractivity contribution is 5.69. The van der Waals surface area contributed by atoms with Gasteiger partial charge in [-0.2, -0.15) is 0 Å². The molecule has 0 bridgehead atoms. The lowest BCUT2D eigenvalue weighted by molar-refractivity contribution is -0.383. The van der Waals surface area contributed by atoms with Crippen molar-refractivity contribution in [1.29, 1.82) is 0 Å². The fraction of sp³-hybridized carbons (Fsp3) is 0.636.